The molecule has 0 fully saturated rings. The molecular weight excluding hydrogens is 216 g/mol. The van der Waals surface area contributed by atoms with Gasteiger partial charge in [-0.2, -0.15) is 0 Å². The average molecular weight is 232 g/mol. The zero-order valence-electron chi connectivity index (χ0n) is 9.60. The summed E-state index contributed by atoms with van der Waals surface area (Å²) < 4.78 is 0. The largest absolute Gasteiger partial charge is 0.325 e. The highest BCUT2D eigenvalue weighted by atomic mass is 32.1. The van der Waals surface area contributed by atoms with Crippen LogP contribution in [0.25, 0.3) is 11.3 Å². The monoisotopic (exact) mass is 232 g/mol. The lowest BCUT2D eigenvalue weighted by atomic mass is 10.0. The van der Waals surface area contributed by atoms with Gasteiger partial charge >= 0.3 is 0 Å². The molecule has 84 valence electrons. The second kappa shape index (κ2) is 4.76. The number of hydrogen-bond donors (Lipinski definition) is 1. The van der Waals surface area contributed by atoms with Crippen LogP contribution in [0.3, 0.4) is 0 Å². The van der Waals surface area contributed by atoms with Gasteiger partial charge in [-0.15, -0.1) is 11.3 Å². The van der Waals surface area contributed by atoms with Gasteiger partial charge in [0.15, 0.2) is 0 Å². The molecule has 2 aromatic rings. The van der Waals surface area contributed by atoms with E-state index in [0.717, 1.165) is 10.7 Å². The van der Waals surface area contributed by atoms with Gasteiger partial charge in [0.1, 0.15) is 5.01 Å². The zero-order chi connectivity index (χ0) is 11.5. The molecule has 0 spiro atoms. The standard InChI is InChI=1S/C13H16N2S/c1-9(2)10-3-5-11(6-4-10)12-8-16-13(7-14)15-12/h3-6,8-9H,7,14H2,1-2H3. The predicted octanol–water partition coefficient (Wildman–Crippen LogP) is 3.39. The molecular formula is C13H16N2S. The van der Waals surface area contributed by atoms with E-state index in [1.165, 1.54) is 11.1 Å². The van der Waals surface area contributed by atoms with Gasteiger partial charge in [-0.1, -0.05) is 38.1 Å². The molecule has 0 bridgehead atoms. The molecule has 2 N–H and O–H groups in total. The third-order valence-electron chi connectivity index (χ3n) is 2.60. The van der Waals surface area contributed by atoms with Crippen molar-refractivity contribution in [3.05, 3.63) is 40.2 Å². The third kappa shape index (κ3) is 2.31. The number of thiazole rings is 1. The lowest BCUT2D eigenvalue weighted by molar-refractivity contribution is 0.867. The van der Waals surface area contributed by atoms with E-state index >= 15 is 0 Å². The summed E-state index contributed by atoms with van der Waals surface area (Å²) in [4.78, 5) is 4.47. The van der Waals surface area contributed by atoms with E-state index < -0.39 is 0 Å². The Kier molecular flexibility index (Phi) is 3.36. The van der Waals surface area contributed by atoms with Crippen LogP contribution in [0.15, 0.2) is 29.6 Å². The van der Waals surface area contributed by atoms with Crippen molar-refractivity contribution in [2.24, 2.45) is 5.73 Å². The summed E-state index contributed by atoms with van der Waals surface area (Å²) in [5.74, 6) is 0.573. The summed E-state index contributed by atoms with van der Waals surface area (Å²) in [7, 11) is 0. The quantitative estimate of drug-likeness (QED) is 0.881. The molecule has 0 radical (unpaired) electrons. The molecule has 0 unspecified atom stereocenters. The predicted molar refractivity (Wildman–Crippen MR) is 69.5 cm³/mol. The number of hydrogen-bond acceptors (Lipinski definition) is 3. The first-order valence-electron chi connectivity index (χ1n) is 5.45. The van der Waals surface area contributed by atoms with Gasteiger partial charge in [-0.05, 0) is 11.5 Å². The Hall–Kier alpha value is -1.19. The first kappa shape index (κ1) is 11.3. The highest BCUT2D eigenvalue weighted by molar-refractivity contribution is 7.09. The van der Waals surface area contributed by atoms with Crippen molar-refractivity contribution in [1.82, 2.24) is 4.98 Å². The number of nitrogens with zero attached hydrogens (tertiary/aromatic N) is 1. The maximum atomic E-state index is 5.55. The molecule has 16 heavy (non-hydrogen) atoms. The Bertz CT molecular complexity index is 457. The minimum atomic E-state index is 0.523. The van der Waals surface area contributed by atoms with Crippen molar-refractivity contribution in [2.75, 3.05) is 0 Å². The van der Waals surface area contributed by atoms with Crippen LogP contribution < -0.4 is 5.73 Å². The summed E-state index contributed by atoms with van der Waals surface area (Å²) in [5, 5.41) is 3.05. The van der Waals surface area contributed by atoms with Gasteiger partial charge < -0.3 is 5.73 Å². The summed E-state index contributed by atoms with van der Waals surface area (Å²) in [6.07, 6.45) is 0. The maximum absolute atomic E-state index is 5.55. The second-order valence-electron chi connectivity index (χ2n) is 4.11. The van der Waals surface area contributed by atoms with Crippen molar-refractivity contribution in [1.29, 1.82) is 0 Å². The fraction of sp³-hybridized carbons (Fsp3) is 0.308. The normalized spacial score (nSPS) is 11.0. The van der Waals surface area contributed by atoms with Gasteiger partial charge in [0.25, 0.3) is 0 Å². The second-order valence-corrected chi connectivity index (χ2v) is 5.05. The topological polar surface area (TPSA) is 38.9 Å². The molecule has 0 saturated carbocycles. The Balaban J connectivity index is 2.27. The molecule has 3 heteroatoms. The van der Waals surface area contributed by atoms with Crippen LogP contribution in [-0.4, -0.2) is 4.98 Å². The lowest BCUT2D eigenvalue weighted by Crippen LogP contribution is -1.94. The van der Waals surface area contributed by atoms with Crippen molar-refractivity contribution >= 4 is 11.3 Å². The fourth-order valence-electron chi connectivity index (χ4n) is 1.58. The maximum Gasteiger partial charge on any atom is 0.107 e. The Morgan fingerprint density at radius 2 is 1.94 bits per heavy atom. The average Bonchev–Trinajstić information content (AvgIpc) is 2.77. The molecule has 0 aliphatic carbocycles. The van der Waals surface area contributed by atoms with Gasteiger partial charge in [0, 0.05) is 17.5 Å². The Morgan fingerprint density at radius 3 is 2.44 bits per heavy atom. The van der Waals surface area contributed by atoms with Crippen molar-refractivity contribution in [3.8, 4) is 11.3 Å². The molecule has 0 saturated heterocycles. The summed E-state index contributed by atoms with van der Waals surface area (Å²) >= 11 is 1.62. The molecule has 1 heterocycles. The Morgan fingerprint density at radius 1 is 1.25 bits per heavy atom. The van der Waals surface area contributed by atoms with E-state index in [-0.39, 0.29) is 0 Å². The van der Waals surface area contributed by atoms with Crippen LogP contribution in [0.4, 0.5) is 0 Å². The van der Waals surface area contributed by atoms with Gasteiger partial charge in [-0.25, -0.2) is 4.98 Å². The molecule has 0 aliphatic heterocycles. The fourth-order valence-corrected chi connectivity index (χ4v) is 2.26. The number of benzene rings is 1. The van der Waals surface area contributed by atoms with E-state index in [1.54, 1.807) is 11.3 Å². The molecule has 0 amide bonds. The van der Waals surface area contributed by atoms with E-state index in [1.807, 2.05) is 0 Å². The number of aromatic nitrogens is 1. The van der Waals surface area contributed by atoms with Gasteiger partial charge in [0.05, 0.1) is 5.69 Å². The molecule has 2 nitrogen and oxygen atoms in total. The summed E-state index contributed by atoms with van der Waals surface area (Å²) in [5.41, 5.74) is 9.11. The SMILES string of the molecule is CC(C)c1ccc(-c2csc(CN)n2)cc1. The van der Waals surface area contributed by atoms with Crippen LogP contribution >= 0.6 is 11.3 Å². The van der Waals surface area contributed by atoms with Gasteiger partial charge in [-0.3, -0.25) is 0 Å². The lowest BCUT2D eigenvalue weighted by Gasteiger charge is -2.05. The highest BCUT2D eigenvalue weighted by Crippen LogP contribution is 2.24. The molecule has 1 aromatic heterocycles. The summed E-state index contributed by atoms with van der Waals surface area (Å²) in [6.45, 7) is 4.92. The van der Waals surface area contributed by atoms with E-state index in [2.05, 4.69) is 48.5 Å². The molecule has 0 atom stereocenters. The van der Waals surface area contributed by atoms with Gasteiger partial charge in [0.2, 0.25) is 0 Å². The zero-order valence-corrected chi connectivity index (χ0v) is 10.4. The van der Waals surface area contributed by atoms with Crippen molar-refractivity contribution in [3.63, 3.8) is 0 Å². The summed E-state index contributed by atoms with van der Waals surface area (Å²) in [6, 6.07) is 8.60. The van der Waals surface area contributed by atoms with Crippen LogP contribution in [0, 0.1) is 0 Å². The van der Waals surface area contributed by atoms with Crippen LogP contribution in [0.2, 0.25) is 0 Å². The molecule has 2 rings (SSSR count). The minimum absolute atomic E-state index is 0.523. The Labute approximate surface area is 100 Å². The van der Waals surface area contributed by atoms with Crippen molar-refractivity contribution in [2.45, 2.75) is 26.3 Å². The molecule has 0 aliphatic rings. The third-order valence-corrected chi connectivity index (χ3v) is 3.47. The number of rotatable bonds is 3. The van der Waals surface area contributed by atoms with Crippen LogP contribution in [-0.2, 0) is 6.54 Å². The van der Waals surface area contributed by atoms with Crippen LogP contribution in [0.1, 0.15) is 30.3 Å². The number of nitrogens with two attached hydrogens (primary N) is 1. The molecule has 1 aromatic carbocycles. The smallest absolute Gasteiger partial charge is 0.107 e. The highest BCUT2D eigenvalue weighted by Gasteiger charge is 2.04. The van der Waals surface area contributed by atoms with Crippen LogP contribution in [0.5, 0.6) is 0 Å². The first-order valence-corrected chi connectivity index (χ1v) is 6.33. The van der Waals surface area contributed by atoms with Crippen molar-refractivity contribution < 1.29 is 0 Å². The minimum Gasteiger partial charge on any atom is -0.325 e. The van der Waals surface area contributed by atoms with E-state index in [0.29, 0.717) is 12.5 Å². The first-order chi connectivity index (χ1) is 7.70. The van der Waals surface area contributed by atoms with E-state index in [4.69, 9.17) is 5.73 Å². The van der Waals surface area contributed by atoms with E-state index in [9.17, 15) is 0 Å².